The zero-order valence-corrected chi connectivity index (χ0v) is 18.5. The molecule has 9 heteroatoms. The summed E-state index contributed by atoms with van der Waals surface area (Å²) >= 11 is 5.85. The average molecular weight is 468 g/mol. The molecule has 1 aliphatic heterocycles. The third-order valence-corrected chi connectivity index (χ3v) is 5.13. The van der Waals surface area contributed by atoms with Gasteiger partial charge < -0.3 is 32.3 Å². The highest BCUT2D eigenvalue weighted by Gasteiger charge is 2.40. The maximum Gasteiger partial charge on any atom is 0.362 e. The molecule has 7 nitrogen and oxygen atoms in total. The summed E-state index contributed by atoms with van der Waals surface area (Å²) in [7, 11) is 0. The number of hydrogen-bond acceptors (Lipinski definition) is 5. The first kappa shape index (κ1) is 24.7. The second-order valence-electron chi connectivity index (χ2n) is 7.65. The van der Waals surface area contributed by atoms with E-state index in [0.29, 0.717) is 28.4 Å². The van der Waals surface area contributed by atoms with Gasteiger partial charge in [0.05, 0.1) is 6.42 Å². The van der Waals surface area contributed by atoms with Crippen LogP contribution < -0.4 is 22.5 Å². The number of halogens is 2. The number of quaternary nitrogens is 1. The monoisotopic (exact) mass is 467 g/mol. The Hall–Kier alpha value is -2.61. The van der Waals surface area contributed by atoms with E-state index in [0.717, 1.165) is 0 Å². The smallest absolute Gasteiger partial charge is 0.362 e. The van der Waals surface area contributed by atoms with Crippen LogP contribution in [0.5, 0.6) is 5.75 Å². The van der Waals surface area contributed by atoms with Gasteiger partial charge in [0.1, 0.15) is 12.3 Å². The van der Waals surface area contributed by atoms with Gasteiger partial charge in [-0.1, -0.05) is 11.6 Å². The van der Waals surface area contributed by atoms with Crippen LogP contribution >= 0.6 is 11.6 Å². The van der Waals surface area contributed by atoms with E-state index in [1.165, 1.54) is 0 Å². The maximum absolute atomic E-state index is 12.5. The van der Waals surface area contributed by atoms with E-state index in [2.05, 4.69) is 0 Å². The summed E-state index contributed by atoms with van der Waals surface area (Å²) in [6.07, 6.45) is -0.209. The normalized spacial score (nSPS) is 18.0. The Morgan fingerprint density at radius 1 is 1.03 bits per heavy atom. The largest absolute Gasteiger partial charge is 1.00 e. The van der Waals surface area contributed by atoms with E-state index in [-0.39, 0.29) is 24.6 Å². The number of ketones is 1. The van der Waals surface area contributed by atoms with Crippen molar-refractivity contribution in [1.29, 1.82) is 0 Å². The lowest BCUT2D eigenvalue weighted by atomic mass is 10.0. The molecule has 0 spiro atoms. The van der Waals surface area contributed by atoms with E-state index in [1.807, 2.05) is 0 Å². The number of aliphatic carboxylic acids is 1. The zero-order valence-electron chi connectivity index (χ0n) is 17.0. The molecular weight excluding hydrogens is 445 g/mol. The fraction of sp³-hybridized carbons (Fsp3) is 0.318. The summed E-state index contributed by atoms with van der Waals surface area (Å²) in [5.41, 5.74) is -0.278. The lowest BCUT2D eigenvalue weighted by Crippen LogP contribution is -3.00. The Bertz CT molecular complexity index is 943. The topological polar surface area (TPSA) is 107 Å². The molecular formula is C22H23Cl2NO6. The van der Waals surface area contributed by atoms with Crippen molar-refractivity contribution in [2.45, 2.75) is 38.0 Å². The summed E-state index contributed by atoms with van der Waals surface area (Å²) in [4.78, 5) is 36.1. The molecule has 0 radical (unpaired) electrons. The van der Waals surface area contributed by atoms with Gasteiger partial charge in [0.15, 0.2) is 23.5 Å². The molecule has 0 aromatic heterocycles. The van der Waals surface area contributed by atoms with Crippen LogP contribution in [-0.2, 0) is 14.3 Å². The van der Waals surface area contributed by atoms with E-state index in [1.54, 1.807) is 67.7 Å². The Morgan fingerprint density at radius 2 is 1.58 bits per heavy atom. The van der Waals surface area contributed by atoms with Crippen molar-refractivity contribution < 1.29 is 46.7 Å². The van der Waals surface area contributed by atoms with Crippen LogP contribution in [0.1, 0.15) is 36.2 Å². The summed E-state index contributed by atoms with van der Waals surface area (Å²) in [5, 5.41) is 11.2. The summed E-state index contributed by atoms with van der Waals surface area (Å²) in [6.45, 7) is 3.56. The number of carboxylic acids is 1. The lowest BCUT2D eigenvalue weighted by Gasteiger charge is -2.25. The third kappa shape index (κ3) is 6.19. The minimum absolute atomic E-state index is 0. The first-order chi connectivity index (χ1) is 14.2. The molecule has 3 rings (SSSR count). The molecule has 0 aliphatic carbocycles. The number of hydrogen-bond donors (Lipinski definition) is 2. The molecule has 2 atom stereocenters. The van der Waals surface area contributed by atoms with Gasteiger partial charge in [-0.25, -0.2) is 9.59 Å². The average Bonchev–Trinajstić information content (AvgIpc) is 3.17. The SMILES string of the molecule is CC(C)(Oc1ccc(C(=O)c2ccc(Cl)cc2)cc1)C(=O)OC1C[NH2+][C@H](C(=O)O)C1.[Cl-]. The van der Waals surface area contributed by atoms with Crippen molar-refractivity contribution in [2.24, 2.45) is 0 Å². The number of carbonyl (C=O) groups excluding carboxylic acids is 2. The number of benzene rings is 2. The second-order valence-corrected chi connectivity index (χ2v) is 8.09. The highest BCUT2D eigenvalue weighted by Crippen LogP contribution is 2.23. The fourth-order valence-electron chi connectivity index (χ4n) is 3.16. The Labute approximate surface area is 191 Å². The fourth-order valence-corrected chi connectivity index (χ4v) is 3.29. The van der Waals surface area contributed by atoms with Crippen LogP contribution in [0.4, 0.5) is 0 Å². The molecule has 0 amide bonds. The maximum atomic E-state index is 12.5. The predicted molar refractivity (Wildman–Crippen MR) is 109 cm³/mol. The van der Waals surface area contributed by atoms with E-state index in [4.69, 9.17) is 26.2 Å². The van der Waals surface area contributed by atoms with Gasteiger partial charge in [-0.3, -0.25) is 4.79 Å². The van der Waals surface area contributed by atoms with Gasteiger partial charge in [0.25, 0.3) is 0 Å². The van der Waals surface area contributed by atoms with Crippen molar-refractivity contribution in [2.75, 3.05) is 6.54 Å². The van der Waals surface area contributed by atoms with Crippen LogP contribution in [0.2, 0.25) is 5.02 Å². The van der Waals surface area contributed by atoms with Crippen LogP contribution in [0.25, 0.3) is 0 Å². The standard InChI is InChI=1S/C22H22ClNO6.ClH/c1-22(2,21(28)29-17-11-18(20(26)27)24-12-17)30-16-9-5-14(6-10-16)19(25)13-3-7-15(23)8-4-13;/h3-10,17-18,24H,11-12H2,1-2H3,(H,26,27);1H/t17?,18-;/m0./s1. The molecule has 2 aromatic rings. The molecule has 3 N–H and O–H groups in total. The summed E-state index contributed by atoms with van der Waals surface area (Å²) in [6, 6.07) is 12.5. The highest BCUT2D eigenvalue weighted by molar-refractivity contribution is 6.30. The van der Waals surface area contributed by atoms with E-state index >= 15 is 0 Å². The molecule has 0 bridgehead atoms. The first-order valence-corrected chi connectivity index (χ1v) is 9.90. The number of carbonyl (C=O) groups is 3. The number of carboxylic acid groups (broad SMARTS) is 1. The van der Waals surface area contributed by atoms with Gasteiger partial charge >= 0.3 is 11.9 Å². The molecule has 1 unspecified atom stereocenters. The van der Waals surface area contributed by atoms with Crippen molar-refractivity contribution in [3.8, 4) is 5.75 Å². The zero-order chi connectivity index (χ0) is 21.9. The molecule has 0 saturated carbocycles. The summed E-state index contributed by atoms with van der Waals surface area (Å²) in [5.74, 6) is -1.24. The van der Waals surface area contributed by atoms with Gasteiger partial charge in [-0.15, -0.1) is 0 Å². The predicted octanol–water partition coefficient (Wildman–Crippen LogP) is -0.935. The van der Waals surface area contributed by atoms with E-state index in [9.17, 15) is 14.4 Å². The Balaban J connectivity index is 0.00000341. The van der Waals surface area contributed by atoms with Crippen molar-refractivity contribution >= 4 is 29.3 Å². The highest BCUT2D eigenvalue weighted by atomic mass is 35.5. The lowest BCUT2D eigenvalue weighted by molar-refractivity contribution is -0.661. The Morgan fingerprint density at radius 3 is 2.10 bits per heavy atom. The van der Waals surface area contributed by atoms with Crippen molar-refractivity contribution in [1.82, 2.24) is 0 Å². The summed E-state index contributed by atoms with van der Waals surface area (Å²) < 4.78 is 11.2. The van der Waals surface area contributed by atoms with E-state index < -0.39 is 29.7 Å². The Kier molecular flexibility index (Phi) is 8.06. The van der Waals surface area contributed by atoms with Crippen molar-refractivity contribution in [3.63, 3.8) is 0 Å². The van der Waals surface area contributed by atoms with Gasteiger partial charge in [0, 0.05) is 16.1 Å². The second kappa shape index (κ2) is 10.1. The number of esters is 1. The minimum Gasteiger partial charge on any atom is -1.00 e. The van der Waals surface area contributed by atoms with Crippen LogP contribution in [0.15, 0.2) is 48.5 Å². The number of ether oxygens (including phenoxy) is 2. The third-order valence-electron chi connectivity index (χ3n) is 4.88. The molecule has 31 heavy (non-hydrogen) atoms. The number of rotatable bonds is 7. The van der Waals surface area contributed by atoms with Crippen molar-refractivity contribution in [3.05, 3.63) is 64.7 Å². The van der Waals surface area contributed by atoms with Crippen LogP contribution in [-0.4, -0.2) is 47.1 Å². The van der Waals surface area contributed by atoms with Gasteiger partial charge in [-0.05, 0) is 62.4 Å². The van der Waals surface area contributed by atoms with Crippen LogP contribution in [0.3, 0.4) is 0 Å². The molecule has 1 saturated heterocycles. The van der Waals surface area contributed by atoms with Gasteiger partial charge in [0.2, 0.25) is 0 Å². The quantitative estimate of drug-likeness (QED) is 0.402. The molecule has 2 aromatic carbocycles. The first-order valence-electron chi connectivity index (χ1n) is 9.52. The molecule has 1 fully saturated rings. The molecule has 166 valence electrons. The molecule has 1 heterocycles. The van der Waals surface area contributed by atoms with Gasteiger partial charge in [-0.2, -0.15) is 0 Å². The minimum atomic E-state index is -1.27. The molecule has 1 aliphatic rings. The van der Waals surface area contributed by atoms with Crippen LogP contribution in [0, 0.1) is 0 Å². The number of nitrogens with two attached hydrogens (primary N) is 1.